The number of alkyl halides is 5. The Labute approximate surface area is 215 Å². The van der Waals surface area contributed by atoms with Crippen LogP contribution in [0.5, 0.6) is 5.75 Å². The smallest absolute Gasteiger partial charge is 0.406 e. The monoisotopic (exact) mass is 546 g/mol. The van der Waals surface area contributed by atoms with Gasteiger partial charge in [0.15, 0.2) is 5.69 Å². The quantitative estimate of drug-likeness (QED) is 0.256. The van der Waals surface area contributed by atoms with Gasteiger partial charge in [0, 0.05) is 30.1 Å². The number of ether oxygens (including phenoxy) is 1. The van der Waals surface area contributed by atoms with Crippen molar-refractivity contribution in [2.75, 3.05) is 0 Å². The Kier molecular flexibility index (Phi) is 6.46. The lowest BCUT2D eigenvalue weighted by Gasteiger charge is -2.12. The first-order valence-electron chi connectivity index (χ1n) is 11.1. The van der Waals surface area contributed by atoms with Gasteiger partial charge in [0.2, 0.25) is 5.43 Å². The fraction of sp³-hybridized carbons (Fsp3) is 0.120. The lowest BCUT2D eigenvalue weighted by atomic mass is 10.1. The van der Waals surface area contributed by atoms with Crippen molar-refractivity contribution in [3.63, 3.8) is 0 Å². The van der Waals surface area contributed by atoms with Gasteiger partial charge < -0.3 is 4.74 Å². The van der Waals surface area contributed by atoms with E-state index in [9.17, 15) is 26.7 Å². The molecule has 0 aliphatic heterocycles. The molecule has 0 aliphatic carbocycles. The molecule has 14 heteroatoms. The summed E-state index contributed by atoms with van der Waals surface area (Å²) in [6.45, 7) is -1.23. The molecule has 3 heterocycles. The number of halogens is 6. The fourth-order valence-electron chi connectivity index (χ4n) is 3.86. The van der Waals surface area contributed by atoms with Crippen LogP contribution in [0.4, 0.5) is 26.3 Å². The third-order valence-electron chi connectivity index (χ3n) is 5.51. The molecule has 0 saturated heterocycles. The van der Waals surface area contributed by atoms with E-state index in [1.807, 2.05) is 0 Å². The molecule has 0 bridgehead atoms. The lowest BCUT2D eigenvalue weighted by Crippen LogP contribution is -2.17. The average Bonchev–Trinajstić information content (AvgIpc) is 3.51. The van der Waals surface area contributed by atoms with Gasteiger partial charge in [-0.3, -0.25) is 4.79 Å². The molecule has 0 amide bonds. The summed E-state index contributed by atoms with van der Waals surface area (Å²) >= 11 is 0. The van der Waals surface area contributed by atoms with Gasteiger partial charge in [0.1, 0.15) is 17.3 Å². The molecule has 0 fully saturated rings. The van der Waals surface area contributed by atoms with Crippen molar-refractivity contribution in [1.82, 2.24) is 29.3 Å². The molecule has 0 atom stereocenters. The van der Waals surface area contributed by atoms with Crippen molar-refractivity contribution in [3.05, 3.63) is 94.9 Å². The van der Waals surface area contributed by atoms with Crippen molar-refractivity contribution >= 4 is 0 Å². The third kappa shape index (κ3) is 5.39. The maximum atomic E-state index is 15.1. The van der Waals surface area contributed by atoms with Crippen LogP contribution in [0, 0.1) is 12.7 Å². The number of aryl methyl sites for hydroxylation is 1. The van der Waals surface area contributed by atoms with Crippen molar-refractivity contribution in [2.45, 2.75) is 19.8 Å². The summed E-state index contributed by atoms with van der Waals surface area (Å²) in [6, 6.07) is 11.6. The van der Waals surface area contributed by atoms with Gasteiger partial charge in [-0.15, -0.1) is 13.2 Å². The number of aromatic nitrogens is 6. The standard InChI is InChI=1S/C25H16F6N6O2/c1-14-9-21(37(33-14)17-3-2-4-18(11-17)39-25(29,30)31)23-22(38)7-8-35(34-23)20-6-5-15(10-19(20)26)16-12-32-36(13-16)24(27)28/h2-13,24H,1H3. The zero-order valence-corrected chi connectivity index (χ0v) is 19.8. The summed E-state index contributed by atoms with van der Waals surface area (Å²) in [7, 11) is 0. The summed E-state index contributed by atoms with van der Waals surface area (Å²) in [5.41, 5.74) is 0.551. The molecule has 0 radical (unpaired) electrons. The highest BCUT2D eigenvalue weighted by Gasteiger charge is 2.31. The Balaban J connectivity index is 1.54. The Hall–Kier alpha value is -4.88. The van der Waals surface area contributed by atoms with Crippen molar-refractivity contribution in [1.29, 1.82) is 0 Å². The van der Waals surface area contributed by atoms with Gasteiger partial charge >= 0.3 is 12.9 Å². The van der Waals surface area contributed by atoms with Crippen LogP contribution < -0.4 is 10.2 Å². The van der Waals surface area contributed by atoms with Crippen LogP contribution in [-0.2, 0) is 0 Å². The highest BCUT2D eigenvalue weighted by Crippen LogP contribution is 2.28. The van der Waals surface area contributed by atoms with Crippen molar-refractivity contribution in [3.8, 4) is 39.6 Å². The van der Waals surface area contributed by atoms with Crippen LogP contribution in [0.3, 0.4) is 0 Å². The summed E-state index contributed by atoms with van der Waals surface area (Å²) in [6.07, 6.45) is -1.41. The fourth-order valence-corrected chi connectivity index (χ4v) is 3.86. The predicted octanol–water partition coefficient (Wildman–Crippen LogP) is 5.69. The van der Waals surface area contributed by atoms with Crippen LogP contribution >= 0.6 is 0 Å². The van der Waals surface area contributed by atoms with Crippen molar-refractivity contribution < 1.29 is 31.1 Å². The molecular weight excluding hydrogens is 530 g/mol. The minimum Gasteiger partial charge on any atom is -0.406 e. The van der Waals surface area contributed by atoms with Crippen LogP contribution in [0.2, 0.25) is 0 Å². The Morgan fingerprint density at radius 3 is 2.46 bits per heavy atom. The van der Waals surface area contributed by atoms with Gasteiger partial charge in [-0.25, -0.2) is 18.4 Å². The van der Waals surface area contributed by atoms with E-state index in [2.05, 4.69) is 20.0 Å². The zero-order chi connectivity index (χ0) is 27.9. The maximum Gasteiger partial charge on any atom is 0.573 e. The Morgan fingerprint density at radius 1 is 0.974 bits per heavy atom. The Morgan fingerprint density at radius 2 is 1.77 bits per heavy atom. The van der Waals surface area contributed by atoms with E-state index in [1.54, 1.807) is 6.92 Å². The van der Waals surface area contributed by atoms with Gasteiger partial charge in [-0.05, 0) is 42.8 Å². The third-order valence-corrected chi connectivity index (χ3v) is 5.51. The summed E-state index contributed by atoms with van der Waals surface area (Å²) in [5, 5.41) is 12.1. The number of hydrogen-bond acceptors (Lipinski definition) is 5. The predicted molar refractivity (Wildman–Crippen MR) is 126 cm³/mol. The molecule has 0 aliphatic rings. The topological polar surface area (TPSA) is 79.8 Å². The molecule has 8 nitrogen and oxygen atoms in total. The summed E-state index contributed by atoms with van der Waals surface area (Å²) in [4.78, 5) is 12.8. The molecule has 200 valence electrons. The minimum absolute atomic E-state index is 0.0513. The average molecular weight is 546 g/mol. The SMILES string of the molecule is Cc1cc(-c2nn(-c3ccc(-c4cnn(C(F)F)c4)cc3F)ccc2=O)n(-c2cccc(OC(F)(F)F)c2)n1. The van der Waals surface area contributed by atoms with E-state index in [0.717, 1.165) is 35.1 Å². The molecule has 5 rings (SSSR count). The van der Waals surface area contributed by atoms with Crippen LogP contribution in [0.15, 0.2) is 78.0 Å². The minimum atomic E-state index is -4.90. The van der Waals surface area contributed by atoms with Gasteiger partial charge in [0.25, 0.3) is 0 Å². The number of rotatable bonds is 6. The molecule has 5 aromatic rings. The highest BCUT2D eigenvalue weighted by atomic mass is 19.4. The molecule has 0 N–H and O–H groups in total. The number of benzene rings is 2. The first-order valence-corrected chi connectivity index (χ1v) is 11.1. The van der Waals surface area contributed by atoms with E-state index in [4.69, 9.17) is 0 Å². The second-order valence-electron chi connectivity index (χ2n) is 8.25. The molecule has 2 aromatic carbocycles. The van der Waals surface area contributed by atoms with Gasteiger partial charge in [-0.2, -0.15) is 24.1 Å². The van der Waals surface area contributed by atoms with Crippen molar-refractivity contribution in [2.24, 2.45) is 0 Å². The lowest BCUT2D eigenvalue weighted by molar-refractivity contribution is -0.274. The molecular formula is C25H16F6N6O2. The summed E-state index contributed by atoms with van der Waals surface area (Å²) < 4.78 is 85.6. The molecule has 39 heavy (non-hydrogen) atoms. The van der Waals surface area contributed by atoms with Crippen LogP contribution in [-0.4, -0.2) is 35.7 Å². The molecule has 0 saturated carbocycles. The molecule has 0 spiro atoms. The first kappa shape index (κ1) is 25.8. The van der Waals surface area contributed by atoms with Gasteiger partial charge in [0.05, 0.1) is 23.3 Å². The number of hydrogen-bond donors (Lipinski definition) is 0. The highest BCUT2D eigenvalue weighted by molar-refractivity contribution is 5.64. The summed E-state index contributed by atoms with van der Waals surface area (Å²) in [5.74, 6) is -1.25. The second-order valence-corrected chi connectivity index (χ2v) is 8.25. The van der Waals surface area contributed by atoms with E-state index >= 15 is 4.39 Å². The molecule has 3 aromatic heterocycles. The first-order chi connectivity index (χ1) is 18.5. The largest absolute Gasteiger partial charge is 0.573 e. The number of nitrogens with zero attached hydrogens (tertiary/aromatic N) is 6. The van der Waals surface area contributed by atoms with E-state index in [1.165, 1.54) is 47.4 Å². The van der Waals surface area contributed by atoms with Gasteiger partial charge in [-0.1, -0.05) is 12.1 Å². The molecule has 0 unspecified atom stereocenters. The second kappa shape index (κ2) is 9.78. The van der Waals surface area contributed by atoms with Crippen LogP contribution in [0.1, 0.15) is 12.2 Å². The van der Waals surface area contributed by atoms with E-state index in [-0.39, 0.29) is 28.3 Å². The van der Waals surface area contributed by atoms with E-state index < -0.39 is 29.9 Å². The normalized spacial score (nSPS) is 11.8. The maximum absolute atomic E-state index is 15.1. The Bertz CT molecular complexity index is 1720. The van der Waals surface area contributed by atoms with E-state index in [0.29, 0.717) is 15.9 Å². The zero-order valence-electron chi connectivity index (χ0n) is 19.8. The van der Waals surface area contributed by atoms with Crippen LogP contribution in [0.25, 0.3) is 33.9 Å².